The number of para-hydroxylation sites is 1. The van der Waals surface area contributed by atoms with E-state index in [4.69, 9.17) is 0 Å². The molecule has 1 heterocycles. The summed E-state index contributed by atoms with van der Waals surface area (Å²) in [6.45, 7) is 0.421. The Labute approximate surface area is 131 Å². The fraction of sp³-hybridized carbons (Fsp3) is 0.176. The third-order valence-electron chi connectivity index (χ3n) is 3.49. The van der Waals surface area contributed by atoms with Gasteiger partial charge in [0.2, 0.25) is 0 Å². The zero-order valence-electron chi connectivity index (χ0n) is 12.4. The number of fused-ring (bicyclic) bond motifs is 1. The maximum absolute atomic E-state index is 13.0. The van der Waals surface area contributed by atoms with E-state index >= 15 is 0 Å². The van der Waals surface area contributed by atoms with Crippen LogP contribution in [-0.2, 0) is 6.54 Å². The Bertz CT molecular complexity index is 819. The molecule has 118 valence electrons. The second kappa shape index (κ2) is 6.24. The van der Waals surface area contributed by atoms with Gasteiger partial charge in [-0.25, -0.2) is 23.1 Å². The zero-order chi connectivity index (χ0) is 16.4. The summed E-state index contributed by atoms with van der Waals surface area (Å²) < 4.78 is 39.0. The molecule has 0 amide bonds. The van der Waals surface area contributed by atoms with Crippen LogP contribution in [0.25, 0.3) is 10.9 Å². The molecule has 3 rings (SSSR count). The molecule has 0 saturated carbocycles. The quantitative estimate of drug-likeness (QED) is 0.716. The monoisotopic (exact) mass is 317 g/mol. The topological polar surface area (TPSA) is 29.0 Å². The number of alkyl halides is 2. The minimum Gasteiger partial charge on any atom is -0.355 e. The molecule has 1 aromatic heterocycles. The molecule has 0 N–H and O–H groups in total. The van der Waals surface area contributed by atoms with Gasteiger partial charge in [0.15, 0.2) is 5.82 Å². The van der Waals surface area contributed by atoms with E-state index in [-0.39, 0.29) is 5.82 Å². The molecule has 3 aromatic rings. The molecule has 0 radical (unpaired) electrons. The van der Waals surface area contributed by atoms with Gasteiger partial charge in [0, 0.05) is 19.0 Å². The van der Waals surface area contributed by atoms with Crippen LogP contribution < -0.4 is 4.90 Å². The first-order valence-corrected chi connectivity index (χ1v) is 7.05. The summed E-state index contributed by atoms with van der Waals surface area (Å²) in [5.74, 6) is -0.385. The van der Waals surface area contributed by atoms with Gasteiger partial charge in [0.05, 0.1) is 5.52 Å². The first kappa shape index (κ1) is 15.3. The minimum atomic E-state index is -2.74. The maximum Gasteiger partial charge on any atom is 0.297 e. The van der Waals surface area contributed by atoms with E-state index in [0.29, 0.717) is 23.3 Å². The second-order valence-corrected chi connectivity index (χ2v) is 5.21. The molecule has 6 heteroatoms. The lowest BCUT2D eigenvalue weighted by Gasteiger charge is -2.20. The van der Waals surface area contributed by atoms with Crippen LogP contribution in [0.4, 0.5) is 19.0 Å². The van der Waals surface area contributed by atoms with E-state index < -0.39 is 12.2 Å². The molecule has 0 aliphatic carbocycles. The predicted molar refractivity (Wildman–Crippen MR) is 83.0 cm³/mol. The van der Waals surface area contributed by atoms with E-state index in [9.17, 15) is 13.2 Å². The summed E-state index contributed by atoms with van der Waals surface area (Å²) >= 11 is 0. The molecular weight excluding hydrogens is 303 g/mol. The van der Waals surface area contributed by atoms with Gasteiger partial charge in [-0.2, -0.15) is 0 Å². The number of nitrogens with zero attached hydrogens (tertiary/aromatic N) is 3. The predicted octanol–water partition coefficient (Wildman–Crippen LogP) is 4.34. The van der Waals surface area contributed by atoms with Crippen LogP contribution in [-0.4, -0.2) is 17.0 Å². The van der Waals surface area contributed by atoms with Crippen LogP contribution in [0.15, 0.2) is 48.5 Å². The van der Waals surface area contributed by atoms with Crippen LogP contribution in [0.1, 0.15) is 17.8 Å². The van der Waals surface area contributed by atoms with Crippen molar-refractivity contribution in [2.24, 2.45) is 0 Å². The Balaban J connectivity index is 2.01. The van der Waals surface area contributed by atoms with Gasteiger partial charge in [-0.1, -0.05) is 24.3 Å². The van der Waals surface area contributed by atoms with Crippen LogP contribution in [0, 0.1) is 5.82 Å². The average molecular weight is 317 g/mol. The summed E-state index contributed by atoms with van der Waals surface area (Å²) in [7, 11) is 1.76. The normalized spacial score (nSPS) is 11.2. The van der Waals surface area contributed by atoms with Gasteiger partial charge in [-0.15, -0.1) is 0 Å². The largest absolute Gasteiger partial charge is 0.355 e. The first-order valence-electron chi connectivity index (χ1n) is 7.05. The smallest absolute Gasteiger partial charge is 0.297 e. The summed E-state index contributed by atoms with van der Waals surface area (Å²) in [6.07, 6.45) is -2.74. The molecule has 0 aliphatic rings. The molecule has 0 fully saturated rings. The Morgan fingerprint density at radius 1 is 1.00 bits per heavy atom. The van der Waals surface area contributed by atoms with Crippen LogP contribution in [0.5, 0.6) is 0 Å². The number of rotatable bonds is 4. The number of halogens is 3. The lowest BCUT2D eigenvalue weighted by atomic mass is 10.2. The summed E-state index contributed by atoms with van der Waals surface area (Å²) in [4.78, 5) is 9.66. The van der Waals surface area contributed by atoms with E-state index in [1.807, 2.05) is 6.07 Å². The molecule has 0 aliphatic heterocycles. The highest BCUT2D eigenvalue weighted by Crippen LogP contribution is 2.27. The first-order chi connectivity index (χ1) is 11.0. The molecule has 0 bridgehead atoms. The number of benzene rings is 2. The molecular formula is C17H14F3N3. The lowest BCUT2D eigenvalue weighted by molar-refractivity contribution is 0.141. The Kier molecular flexibility index (Phi) is 4.14. The highest BCUT2D eigenvalue weighted by Gasteiger charge is 2.17. The third-order valence-corrected chi connectivity index (χ3v) is 3.49. The van der Waals surface area contributed by atoms with Crippen molar-refractivity contribution in [3.8, 4) is 0 Å². The van der Waals surface area contributed by atoms with E-state index in [1.165, 1.54) is 12.1 Å². The molecule has 0 spiro atoms. The van der Waals surface area contributed by atoms with E-state index in [2.05, 4.69) is 9.97 Å². The molecule has 0 unspecified atom stereocenters. The van der Waals surface area contributed by atoms with Crippen molar-refractivity contribution in [1.29, 1.82) is 0 Å². The van der Waals surface area contributed by atoms with E-state index in [0.717, 1.165) is 5.56 Å². The third kappa shape index (κ3) is 3.26. The van der Waals surface area contributed by atoms with Crippen molar-refractivity contribution < 1.29 is 13.2 Å². The second-order valence-electron chi connectivity index (χ2n) is 5.21. The number of hydrogen-bond donors (Lipinski definition) is 0. The van der Waals surface area contributed by atoms with Crippen molar-refractivity contribution in [2.45, 2.75) is 13.0 Å². The molecule has 0 atom stereocenters. The van der Waals surface area contributed by atoms with Crippen LogP contribution in [0.3, 0.4) is 0 Å². The van der Waals surface area contributed by atoms with Crippen molar-refractivity contribution in [3.05, 3.63) is 65.7 Å². The van der Waals surface area contributed by atoms with Crippen molar-refractivity contribution in [1.82, 2.24) is 9.97 Å². The van der Waals surface area contributed by atoms with E-state index in [1.54, 1.807) is 42.3 Å². The fourth-order valence-electron chi connectivity index (χ4n) is 2.40. The summed E-state index contributed by atoms with van der Waals surface area (Å²) in [5.41, 5.74) is 1.33. The maximum atomic E-state index is 13.0. The SMILES string of the molecule is CN(Cc1ccc(F)cc1)c1nc(C(F)F)nc2ccccc12. The van der Waals surface area contributed by atoms with Crippen LogP contribution >= 0.6 is 0 Å². The average Bonchev–Trinajstić information content (AvgIpc) is 2.55. The van der Waals surface area contributed by atoms with Gasteiger partial charge in [0.25, 0.3) is 6.43 Å². The summed E-state index contributed by atoms with van der Waals surface area (Å²) in [6, 6.07) is 13.1. The van der Waals surface area contributed by atoms with Gasteiger partial charge >= 0.3 is 0 Å². The van der Waals surface area contributed by atoms with Crippen molar-refractivity contribution in [3.63, 3.8) is 0 Å². The fourth-order valence-corrected chi connectivity index (χ4v) is 2.40. The highest BCUT2D eigenvalue weighted by atomic mass is 19.3. The Hall–Kier alpha value is -2.63. The van der Waals surface area contributed by atoms with Gasteiger partial charge in [-0.05, 0) is 29.8 Å². The lowest BCUT2D eigenvalue weighted by Crippen LogP contribution is -2.19. The number of hydrogen-bond acceptors (Lipinski definition) is 3. The molecule has 2 aromatic carbocycles. The standard InChI is InChI=1S/C17H14F3N3/c1-23(10-11-6-8-12(18)9-7-11)17-13-4-2-3-5-14(13)21-16(22-17)15(19)20/h2-9,15H,10H2,1H3. The zero-order valence-corrected chi connectivity index (χ0v) is 12.4. The molecule has 23 heavy (non-hydrogen) atoms. The Morgan fingerprint density at radius 3 is 2.39 bits per heavy atom. The molecule has 0 saturated heterocycles. The highest BCUT2D eigenvalue weighted by molar-refractivity contribution is 5.89. The van der Waals surface area contributed by atoms with Crippen molar-refractivity contribution in [2.75, 3.05) is 11.9 Å². The van der Waals surface area contributed by atoms with Gasteiger partial charge in [0.1, 0.15) is 11.6 Å². The van der Waals surface area contributed by atoms with Gasteiger partial charge < -0.3 is 4.90 Å². The molecule has 3 nitrogen and oxygen atoms in total. The summed E-state index contributed by atoms with van der Waals surface area (Å²) in [5, 5.41) is 0.696. The van der Waals surface area contributed by atoms with Crippen molar-refractivity contribution >= 4 is 16.7 Å². The Morgan fingerprint density at radius 2 is 1.70 bits per heavy atom. The van der Waals surface area contributed by atoms with Crippen LogP contribution in [0.2, 0.25) is 0 Å². The minimum absolute atomic E-state index is 0.316. The number of anilines is 1. The van der Waals surface area contributed by atoms with Gasteiger partial charge in [-0.3, -0.25) is 0 Å². The number of aromatic nitrogens is 2.